The predicted molar refractivity (Wildman–Crippen MR) is 57.9 cm³/mol. The fourth-order valence-corrected chi connectivity index (χ4v) is 1.10. The number of esters is 1. The number of aliphatic hydroxyl groups is 1. The summed E-state index contributed by atoms with van der Waals surface area (Å²) in [6, 6.07) is 7.12. The number of carbonyl (C=O) groups is 2. The van der Waals surface area contributed by atoms with Gasteiger partial charge in [-0.25, -0.2) is 4.79 Å². The molecule has 0 aliphatic carbocycles. The molecule has 92 valence electrons. The van der Waals surface area contributed by atoms with Crippen molar-refractivity contribution >= 4 is 11.9 Å². The fourth-order valence-electron chi connectivity index (χ4n) is 1.10. The van der Waals surface area contributed by atoms with E-state index in [0.717, 1.165) is 5.56 Å². The Bertz CT molecular complexity index is 392. The van der Waals surface area contributed by atoms with Crippen LogP contribution in [0.25, 0.3) is 0 Å². The standard InChI is InChI=1S/C11H13NO5/c12-8(10(14)15)9(13)11(16)17-6-7-4-2-1-3-5-7/h1-5,8-9,13H,6,12H2,(H,14,15)/t8-,9-/m1/s1. The number of hydrogen-bond donors (Lipinski definition) is 3. The van der Waals surface area contributed by atoms with Gasteiger partial charge in [0.1, 0.15) is 12.6 Å². The Labute approximate surface area is 97.6 Å². The molecule has 17 heavy (non-hydrogen) atoms. The Balaban J connectivity index is 2.47. The van der Waals surface area contributed by atoms with E-state index in [0.29, 0.717) is 0 Å². The highest BCUT2D eigenvalue weighted by atomic mass is 16.5. The van der Waals surface area contributed by atoms with Crippen LogP contribution in [-0.4, -0.2) is 34.3 Å². The molecule has 0 bridgehead atoms. The first-order valence-electron chi connectivity index (χ1n) is 4.89. The van der Waals surface area contributed by atoms with Gasteiger partial charge in [0.25, 0.3) is 0 Å². The lowest BCUT2D eigenvalue weighted by Gasteiger charge is -2.13. The first-order valence-corrected chi connectivity index (χ1v) is 4.89. The van der Waals surface area contributed by atoms with E-state index in [-0.39, 0.29) is 6.61 Å². The monoisotopic (exact) mass is 239 g/mol. The van der Waals surface area contributed by atoms with Crippen LogP contribution in [-0.2, 0) is 20.9 Å². The number of rotatable bonds is 5. The Morgan fingerprint density at radius 3 is 2.41 bits per heavy atom. The van der Waals surface area contributed by atoms with Gasteiger partial charge in [0, 0.05) is 0 Å². The van der Waals surface area contributed by atoms with E-state index >= 15 is 0 Å². The second kappa shape index (κ2) is 5.97. The van der Waals surface area contributed by atoms with E-state index in [4.69, 9.17) is 15.6 Å². The van der Waals surface area contributed by atoms with Gasteiger partial charge in [0.2, 0.25) is 0 Å². The topological polar surface area (TPSA) is 110 Å². The maximum atomic E-state index is 11.2. The second-order valence-corrected chi connectivity index (χ2v) is 3.40. The number of ether oxygens (including phenoxy) is 1. The molecule has 0 saturated carbocycles. The molecule has 1 aromatic rings. The third kappa shape index (κ3) is 3.86. The van der Waals surface area contributed by atoms with Crippen LogP contribution in [0.15, 0.2) is 30.3 Å². The van der Waals surface area contributed by atoms with E-state index in [9.17, 15) is 14.7 Å². The molecule has 0 aromatic heterocycles. The molecule has 4 N–H and O–H groups in total. The molecule has 0 saturated heterocycles. The van der Waals surface area contributed by atoms with Gasteiger partial charge >= 0.3 is 11.9 Å². The summed E-state index contributed by atoms with van der Waals surface area (Å²) in [7, 11) is 0. The number of benzene rings is 1. The second-order valence-electron chi connectivity index (χ2n) is 3.40. The highest BCUT2D eigenvalue weighted by Crippen LogP contribution is 2.03. The molecule has 0 aliphatic rings. The van der Waals surface area contributed by atoms with E-state index < -0.39 is 24.1 Å². The molecule has 0 heterocycles. The first kappa shape index (κ1) is 13.1. The third-order valence-electron chi connectivity index (χ3n) is 2.09. The number of hydrogen-bond acceptors (Lipinski definition) is 5. The van der Waals surface area contributed by atoms with E-state index in [1.807, 2.05) is 0 Å². The van der Waals surface area contributed by atoms with Crippen LogP contribution in [0.3, 0.4) is 0 Å². The molecule has 1 aromatic carbocycles. The van der Waals surface area contributed by atoms with Crippen molar-refractivity contribution in [2.45, 2.75) is 18.8 Å². The Hall–Kier alpha value is -1.92. The molecule has 1 rings (SSSR count). The molecule has 2 atom stereocenters. The number of carboxylic acid groups (broad SMARTS) is 1. The summed E-state index contributed by atoms with van der Waals surface area (Å²) < 4.78 is 4.73. The smallest absolute Gasteiger partial charge is 0.337 e. The van der Waals surface area contributed by atoms with E-state index in [1.54, 1.807) is 30.3 Å². The summed E-state index contributed by atoms with van der Waals surface area (Å²) >= 11 is 0. The van der Waals surface area contributed by atoms with Gasteiger partial charge in [0.15, 0.2) is 6.10 Å². The van der Waals surface area contributed by atoms with E-state index in [2.05, 4.69) is 0 Å². The van der Waals surface area contributed by atoms with Gasteiger partial charge in [-0.3, -0.25) is 4.79 Å². The molecular formula is C11H13NO5. The number of carboxylic acids is 1. The maximum Gasteiger partial charge on any atom is 0.337 e. The number of aliphatic hydroxyl groups excluding tert-OH is 1. The average Bonchev–Trinajstić information content (AvgIpc) is 2.35. The summed E-state index contributed by atoms with van der Waals surface area (Å²) in [6.07, 6.45) is -1.86. The van der Waals surface area contributed by atoms with Gasteiger partial charge in [-0.05, 0) is 5.56 Å². The Morgan fingerprint density at radius 1 is 1.29 bits per heavy atom. The normalized spacial score (nSPS) is 13.8. The van der Waals surface area contributed by atoms with Crippen molar-refractivity contribution < 1.29 is 24.5 Å². The van der Waals surface area contributed by atoms with Crippen molar-refractivity contribution in [1.29, 1.82) is 0 Å². The minimum Gasteiger partial charge on any atom is -0.480 e. The average molecular weight is 239 g/mol. The third-order valence-corrected chi connectivity index (χ3v) is 2.09. The minimum absolute atomic E-state index is 0.0386. The molecule has 0 amide bonds. The molecule has 6 nitrogen and oxygen atoms in total. The van der Waals surface area contributed by atoms with Gasteiger partial charge in [-0.2, -0.15) is 0 Å². The number of nitrogens with two attached hydrogens (primary N) is 1. The zero-order valence-corrected chi connectivity index (χ0v) is 8.95. The molecule has 6 heteroatoms. The van der Waals surface area contributed by atoms with Crippen molar-refractivity contribution in [2.75, 3.05) is 0 Å². The van der Waals surface area contributed by atoms with Crippen molar-refractivity contribution in [1.82, 2.24) is 0 Å². The summed E-state index contributed by atoms with van der Waals surface area (Å²) in [5, 5.41) is 17.7. The molecule has 0 fully saturated rings. The lowest BCUT2D eigenvalue weighted by atomic mass is 10.2. The van der Waals surface area contributed by atoms with Gasteiger partial charge in [-0.1, -0.05) is 30.3 Å². The lowest BCUT2D eigenvalue weighted by Crippen LogP contribution is -2.46. The maximum absolute atomic E-state index is 11.2. The van der Waals surface area contributed by atoms with Crippen molar-refractivity contribution in [3.63, 3.8) is 0 Å². The zero-order valence-electron chi connectivity index (χ0n) is 8.95. The van der Waals surface area contributed by atoms with Gasteiger partial charge in [-0.15, -0.1) is 0 Å². The van der Waals surface area contributed by atoms with Crippen molar-refractivity contribution in [3.8, 4) is 0 Å². The van der Waals surface area contributed by atoms with Crippen LogP contribution in [0.4, 0.5) is 0 Å². The number of aliphatic carboxylic acids is 1. The summed E-state index contributed by atoms with van der Waals surface area (Å²) in [6.45, 7) is -0.0386. The zero-order chi connectivity index (χ0) is 12.8. The fraction of sp³-hybridized carbons (Fsp3) is 0.273. The molecule has 0 radical (unpaired) electrons. The molecule has 0 unspecified atom stereocenters. The summed E-state index contributed by atoms with van der Waals surface area (Å²) in [5.41, 5.74) is 5.81. The minimum atomic E-state index is -1.86. The van der Waals surface area contributed by atoms with Crippen LogP contribution in [0.1, 0.15) is 5.56 Å². The highest BCUT2D eigenvalue weighted by molar-refractivity contribution is 5.84. The quantitative estimate of drug-likeness (QED) is 0.598. The van der Waals surface area contributed by atoms with Gasteiger partial charge < -0.3 is 20.7 Å². The molecular weight excluding hydrogens is 226 g/mol. The van der Waals surface area contributed by atoms with Crippen molar-refractivity contribution in [3.05, 3.63) is 35.9 Å². The summed E-state index contributed by atoms with van der Waals surface area (Å²) in [4.78, 5) is 21.7. The lowest BCUT2D eigenvalue weighted by molar-refractivity contribution is -0.160. The Morgan fingerprint density at radius 2 is 1.88 bits per heavy atom. The van der Waals surface area contributed by atoms with Crippen LogP contribution < -0.4 is 5.73 Å². The van der Waals surface area contributed by atoms with E-state index in [1.165, 1.54) is 0 Å². The van der Waals surface area contributed by atoms with Crippen LogP contribution in [0, 0.1) is 0 Å². The van der Waals surface area contributed by atoms with Crippen molar-refractivity contribution in [2.24, 2.45) is 5.73 Å². The molecule has 0 aliphatic heterocycles. The van der Waals surface area contributed by atoms with Crippen LogP contribution >= 0.6 is 0 Å². The first-order chi connectivity index (χ1) is 8.02. The molecule has 0 spiro atoms. The SMILES string of the molecule is N[C@@H](C(=O)O)[C@@H](O)C(=O)OCc1ccccc1. The van der Waals surface area contributed by atoms with Gasteiger partial charge in [0.05, 0.1) is 0 Å². The summed E-state index contributed by atoms with van der Waals surface area (Å²) in [5.74, 6) is -2.52. The largest absolute Gasteiger partial charge is 0.480 e. The number of carbonyl (C=O) groups excluding carboxylic acids is 1. The predicted octanol–water partition coefficient (Wildman–Crippen LogP) is -0.497. The Kier molecular flexibility index (Phi) is 4.62. The van der Waals surface area contributed by atoms with Crippen LogP contribution in [0.5, 0.6) is 0 Å². The van der Waals surface area contributed by atoms with Crippen LogP contribution in [0.2, 0.25) is 0 Å². The highest BCUT2D eigenvalue weighted by Gasteiger charge is 2.29.